The molecule has 0 bridgehead atoms. The van der Waals surface area contributed by atoms with Gasteiger partial charge in [-0.25, -0.2) is 4.98 Å². The van der Waals surface area contributed by atoms with Crippen molar-refractivity contribution in [1.82, 2.24) is 9.97 Å². The van der Waals surface area contributed by atoms with Crippen LogP contribution in [0.2, 0.25) is 0 Å². The van der Waals surface area contributed by atoms with Crippen LogP contribution in [0.4, 0.5) is 11.6 Å². The van der Waals surface area contributed by atoms with E-state index in [-0.39, 0.29) is 17.4 Å². The van der Waals surface area contributed by atoms with E-state index in [4.69, 9.17) is 5.73 Å². The monoisotopic (exact) mass is 242 g/mol. The first-order chi connectivity index (χ1) is 8.61. The molecule has 0 saturated heterocycles. The fourth-order valence-corrected chi connectivity index (χ4v) is 2.01. The zero-order valence-electron chi connectivity index (χ0n) is 9.36. The number of anilines is 2. The lowest BCUT2D eigenvalue weighted by Gasteiger charge is -2.04. The molecule has 1 amide bonds. The quantitative estimate of drug-likeness (QED) is 0.678. The van der Waals surface area contributed by atoms with E-state index in [1.165, 1.54) is 6.07 Å². The highest BCUT2D eigenvalue weighted by atomic mass is 16.1. The van der Waals surface area contributed by atoms with Gasteiger partial charge in [0.15, 0.2) is 0 Å². The van der Waals surface area contributed by atoms with Crippen molar-refractivity contribution in [2.45, 2.75) is 6.42 Å². The van der Waals surface area contributed by atoms with Crippen molar-refractivity contribution in [1.29, 1.82) is 0 Å². The van der Waals surface area contributed by atoms with Crippen molar-refractivity contribution in [2.24, 2.45) is 0 Å². The number of aromatic amines is 1. The van der Waals surface area contributed by atoms with Crippen molar-refractivity contribution in [3.63, 3.8) is 0 Å². The lowest BCUT2D eigenvalue weighted by molar-refractivity contribution is -0.115. The molecule has 2 heterocycles. The molecule has 0 atom stereocenters. The van der Waals surface area contributed by atoms with Gasteiger partial charge in [-0.2, -0.15) is 0 Å². The van der Waals surface area contributed by atoms with Crippen LogP contribution in [0.25, 0.3) is 11.3 Å². The molecule has 1 aliphatic rings. The number of nitrogen functional groups attached to an aromatic ring is 1. The Morgan fingerprint density at radius 1 is 1.22 bits per heavy atom. The minimum Gasteiger partial charge on any atom is -0.369 e. The summed E-state index contributed by atoms with van der Waals surface area (Å²) in [5.74, 6) is 0.0488. The molecule has 90 valence electrons. The third-order valence-electron chi connectivity index (χ3n) is 2.79. The van der Waals surface area contributed by atoms with Gasteiger partial charge >= 0.3 is 0 Å². The fourth-order valence-electron chi connectivity index (χ4n) is 2.01. The summed E-state index contributed by atoms with van der Waals surface area (Å²) in [5.41, 5.74) is 8.17. The Bertz CT molecular complexity index is 705. The largest absolute Gasteiger partial charge is 0.369 e. The number of nitrogens with two attached hydrogens (primary N) is 1. The van der Waals surface area contributed by atoms with Gasteiger partial charge in [0.2, 0.25) is 11.9 Å². The Hall–Kier alpha value is -2.63. The van der Waals surface area contributed by atoms with Crippen LogP contribution in [0.5, 0.6) is 0 Å². The SMILES string of the molecule is Nc1nc(-c2ccc3c(c2)CC(=O)N3)cc(=O)[nH]1. The summed E-state index contributed by atoms with van der Waals surface area (Å²) in [5, 5.41) is 2.75. The summed E-state index contributed by atoms with van der Waals surface area (Å²) in [6.07, 6.45) is 0.349. The predicted octanol–water partition coefficient (Wildman–Crippen LogP) is 0.514. The first-order valence-corrected chi connectivity index (χ1v) is 5.42. The summed E-state index contributed by atoms with van der Waals surface area (Å²) < 4.78 is 0. The van der Waals surface area contributed by atoms with Crippen molar-refractivity contribution in [2.75, 3.05) is 11.1 Å². The smallest absolute Gasteiger partial charge is 0.252 e. The number of hydrogen-bond acceptors (Lipinski definition) is 4. The Labute approximate surface area is 102 Å². The number of rotatable bonds is 1. The van der Waals surface area contributed by atoms with Crippen LogP contribution >= 0.6 is 0 Å². The van der Waals surface area contributed by atoms with Gasteiger partial charge in [-0.1, -0.05) is 6.07 Å². The van der Waals surface area contributed by atoms with Crippen LogP contribution in [0.1, 0.15) is 5.56 Å². The Balaban J connectivity index is 2.10. The van der Waals surface area contributed by atoms with Gasteiger partial charge in [0, 0.05) is 17.3 Å². The molecule has 0 saturated carbocycles. The maximum absolute atomic E-state index is 11.3. The van der Waals surface area contributed by atoms with E-state index in [1.54, 1.807) is 12.1 Å². The fraction of sp³-hybridized carbons (Fsp3) is 0.0833. The van der Waals surface area contributed by atoms with Crippen molar-refractivity contribution < 1.29 is 4.79 Å². The summed E-state index contributed by atoms with van der Waals surface area (Å²) in [6.45, 7) is 0. The maximum atomic E-state index is 11.3. The van der Waals surface area contributed by atoms with Gasteiger partial charge in [0.05, 0.1) is 12.1 Å². The topological polar surface area (TPSA) is 101 Å². The molecule has 18 heavy (non-hydrogen) atoms. The van der Waals surface area contributed by atoms with Crippen LogP contribution in [0.3, 0.4) is 0 Å². The van der Waals surface area contributed by atoms with Crippen molar-refractivity contribution in [3.05, 3.63) is 40.2 Å². The normalized spacial score (nSPS) is 13.2. The molecular weight excluding hydrogens is 232 g/mol. The summed E-state index contributed by atoms with van der Waals surface area (Å²) in [7, 11) is 0. The number of hydrogen-bond donors (Lipinski definition) is 3. The van der Waals surface area contributed by atoms with E-state index in [1.807, 2.05) is 6.07 Å². The number of aromatic nitrogens is 2. The van der Waals surface area contributed by atoms with E-state index in [9.17, 15) is 9.59 Å². The maximum Gasteiger partial charge on any atom is 0.252 e. The van der Waals surface area contributed by atoms with Crippen molar-refractivity contribution >= 4 is 17.5 Å². The van der Waals surface area contributed by atoms with Gasteiger partial charge in [-0.15, -0.1) is 0 Å². The van der Waals surface area contributed by atoms with E-state index in [0.29, 0.717) is 12.1 Å². The number of nitrogens with zero attached hydrogens (tertiary/aromatic N) is 1. The van der Waals surface area contributed by atoms with Crippen LogP contribution < -0.4 is 16.6 Å². The minimum atomic E-state index is -0.299. The van der Waals surface area contributed by atoms with Gasteiger partial charge in [-0.3, -0.25) is 14.6 Å². The van der Waals surface area contributed by atoms with E-state index < -0.39 is 0 Å². The molecule has 1 aromatic carbocycles. The predicted molar refractivity (Wildman–Crippen MR) is 67.0 cm³/mol. The highest BCUT2D eigenvalue weighted by Gasteiger charge is 2.18. The lowest BCUT2D eigenvalue weighted by atomic mass is 10.1. The average molecular weight is 242 g/mol. The third kappa shape index (κ3) is 1.73. The molecule has 1 aromatic heterocycles. The molecule has 3 rings (SSSR count). The van der Waals surface area contributed by atoms with Crippen LogP contribution in [0, 0.1) is 0 Å². The molecule has 2 aromatic rings. The van der Waals surface area contributed by atoms with E-state index in [2.05, 4.69) is 15.3 Å². The summed E-state index contributed by atoms with van der Waals surface area (Å²) in [6, 6.07) is 6.82. The molecule has 6 heteroatoms. The molecule has 0 spiro atoms. The first kappa shape index (κ1) is 10.5. The highest BCUT2D eigenvalue weighted by Crippen LogP contribution is 2.27. The second-order valence-electron chi connectivity index (χ2n) is 4.11. The Morgan fingerprint density at radius 3 is 2.83 bits per heavy atom. The number of carbonyl (C=O) groups is 1. The van der Waals surface area contributed by atoms with Crippen LogP contribution in [0.15, 0.2) is 29.1 Å². The van der Waals surface area contributed by atoms with Gasteiger partial charge < -0.3 is 11.1 Å². The number of carbonyl (C=O) groups excluding carboxylic acids is 1. The van der Waals surface area contributed by atoms with Crippen molar-refractivity contribution in [3.8, 4) is 11.3 Å². The molecule has 0 aliphatic carbocycles. The van der Waals surface area contributed by atoms with E-state index in [0.717, 1.165) is 16.8 Å². The first-order valence-electron chi connectivity index (χ1n) is 5.42. The number of fused-ring (bicyclic) bond motifs is 1. The zero-order valence-corrected chi connectivity index (χ0v) is 9.36. The van der Waals surface area contributed by atoms with E-state index >= 15 is 0 Å². The molecule has 1 aliphatic heterocycles. The minimum absolute atomic E-state index is 0.0273. The lowest BCUT2D eigenvalue weighted by Crippen LogP contribution is -2.10. The highest BCUT2D eigenvalue weighted by molar-refractivity contribution is 5.99. The number of benzene rings is 1. The van der Waals surface area contributed by atoms with Crippen LogP contribution in [-0.4, -0.2) is 15.9 Å². The third-order valence-corrected chi connectivity index (χ3v) is 2.79. The Kier molecular flexibility index (Phi) is 2.16. The molecule has 4 N–H and O–H groups in total. The number of amides is 1. The van der Waals surface area contributed by atoms with Gasteiger partial charge in [-0.05, 0) is 17.7 Å². The average Bonchev–Trinajstić information content (AvgIpc) is 2.66. The number of nitrogens with one attached hydrogen (secondary N) is 2. The number of H-pyrrole nitrogens is 1. The molecular formula is C12H10N4O2. The molecule has 0 unspecified atom stereocenters. The molecule has 0 radical (unpaired) electrons. The summed E-state index contributed by atoms with van der Waals surface area (Å²) >= 11 is 0. The van der Waals surface area contributed by atoms with Gasteiger partial charge in [0.25, 0.3) is 5.56 Å². The molecule has 0 fully saturated rings. The summed E-state index contributed by atoms with van der Waals surface area (Å²) in [4.78, 5) is 29.0. The van der Waals surface area contributed by atoms with Crippen LogP contribution in [-0.2, 0) is 11.2 Å². The second kappa shape index (κ2) is 3.69. The molecule has 6 nitrogen and oxygen atoms in total. The standard InChI is InChI=1S/C12H10N4O2/c13-12-15-9(5-11(18)16-12)6-1-2-8-7(3-6)4-10(17)14-8/h1-3,5H,4H2,(H,14,17)(H3,13,15,16,18). The zero-order chi connectivity index (χ0) is 12.7. The second-order valence-corrected chi connectivity index (χ2v) is 4.11. The van der Waals surface area contributed by atoms with Gasteiger partial charge in [0.1, 0.15) is 0 Å². The Morgan fingerprint density at radius 2 is 2.06 bits per heavy atom.